The van der Waals surface area contributed by atoms with Gasteiger partial charge < -0.3 is 11.1 Å². The Kier molecular flexibility index (Phi) is 8.34. The first kappa shape index (κ1) is 20.7. The van der Waals surface area contributed by atoms with Crippen molar-refractivity contribution in [1.82, 2.24) is 15.1 Å². The molecule has 0 unspecified atom stereocenters. The van der Waals surface area contributed by atoms with E-state index in [9.17, 15) is 4.39 Å². The van der Waals surface area contributed by atoms with Gasteiger partial charge in [0, 0.05) is 25.2 Å². The molecule has 1 aromatic heterocycles. The minimum atomic E-state index is -0.248. The predicted molar refractivity (Wildman–Crippen MR) is 114 cm³/mol. The van der Waals surface area contributed by atoms with Crippen LogP contribution >= 0.6 is 24.0 Å². The van der Waals surface area contributed by atoms with Crippen LogP contribution in [0, 0.1) is 5.82 Å². The highest BCUT2D eigenvalue weighted by Gasteiger charge is 2.12. The van der Waals surface area contributed by atoms with Gasteiger partial charge in [-0.1, -0.05) is 25.7 Å². The van der Waals surface area contributed by atoms with Gasteiger partial charge in [0.15, 0.2) is 5.96 Å². The summed E-state index contributed by atoms with van der Waals surface area (Å²) in [7, 11) is 0. The summed E-state index contributed by atoms with van der Waals surface area (Å²) in [5, 5.41) is 7.85. The van der Waals surface area contributed by atoms with Crippen LogP contribution in [0.5, 0.6) is 0 Å². The van der Waals surface area contributed by atoms with E-state index in [4.69, 9.17) is 5.73 Å². The van der Waals surface area contributed by atoms with Gasteiger partial charge in [-0.25, -0.2) is 9.07 Å². The summed E-state index contributed by atoms with van der Waals surface area (Å²) in [4.78, 5) is 4.42. The zero-order valence-electron chi connectivity index (χ0n) is 14.9. The zero-order valence-corrected chi connectivity index (χ0v) is 17.2. The molecule has 0 radical (unpaired) electrons. The number of hydrogen-bond acceptors (Lipinski definition) is 2. The Bertz CT molecular complexity index is 690. The largest absolute Gasteiger partial charge is 0.370 e. The molecule has 0 saturated heterocycles. The topological polar surface area (TPSA) is 68.2 Å². The van der Waals surface area contributed by atoms with Crippen LogP contribution in [0.15, 0.2) is 41.5 Å². The highest BCUT2D eigenvalue weighted by molar-refractivity contribution is 14.0. The number of benzene rings is 1. The van der Waals surface area contributed by atoms with Gasteiger partial charge in [0.2, 0.25) is 0 Å². The second-order valence-electron chi connectivity index (χ2n) is 6.58. The van der Waals surface area contributed by atoms with Crippen LogP contribution in [0.3, 0.4) is 0 Å². The fourth-order valence-corrected chi connectivity index (χ4v) is 3.20. The minimum absolute atomic E-state index is 0. The molecule has 1 aromatic carbocycles. The maximum absolute atomic E-state index is 13.0. The molecular formula is C19H27FIN5. The lowest BCUT2D eigenvalue weighted by molar-refractivity contribution is 0.530. The molecule has 0 bridgehead atoms. The quantitative estimate of drug-likeness (QED) is 0.302. The summed E-state index contributed by atoms with van der Waals surface area (Å²) in [6.45, 7) is 0.603. The van der Waals surface area contributed by atoms with Crippen molar-refractivity contribution in [2.45, 2.75) is 51.0 Å². The Morgan fingerprint density at radius 3 is 2.54 bits per heavy atom. The summed E-state index contributed by atoms with van der Waals surface area (Å²) < 4.78 is 14.7. The second-order valence-corrected chi connectivity index (χ2v) is 6.58. The lowest BCUT2D eigenvalue weighted by Gasteiger charge is -2.16. The van der Waals surface area contributed by atoms with E-state index in [1.807, 2.05) is 12.3 Å². The molecule has 26 heavy (non-hydrogen) atoms. The molecule has 3 N–H and O–H groups in total. The number of guanidine groups is 1. The summed E-state index contributed by atoms with van der Waals surface area (Å²) in [5.41, 5.74) is 7.79. The number of halogens is 2. The van der Waals surface area contributed by atoms with E-state index in [2.05, 4.69) is 15.4 Å². The molecule has 1 saturated carbocycles. The van der Waals surface area contributed by atoms with E-state index in [0.717, 1.165) is 17.8 Å². The number of nitrogens with one attached hydrogen (secondary N) is 1. The molecule has 0 spiro atoms. The highest BCUT2D eigenvalue weighted by atomic mass is 127. The average Bonchev–Trinajstić information content (AvgIpc) is 2.92. The molecular weight excluding hydrogens is 444 g/mol. The summed E-state index contributed by atoms with van der Waals surface area (Å²) in [6.07, 6.45) is 10.1. The molecule has 142 valence electrons. The molecule has 1 heterocycles. The summed E-state index contributed by atoms with van der Waals surface area (Å²) in [5.74, 6) is 0.284. The molecule has 7 heteroatoms. The predicted octanol–water partition coefficient (Wildman–Crippen LogP) is 3.80. The van der Waals surface area contributed by atoms with Crippen LogP contribution in [0.4, 0.5) is 4.39 Å². The van der Waals surface area contributed by atoms with E-state index in [1.54, 1.807) is 16.8 Å². The number of rotatable bonds is 5. The van der Waals surface area contributed by atoms with Crippen molar-refractivity contribution in [1.29, 1.82) is 0 Å². The Morgan fingerprint density at radius 1 is 1.15 bits per heavy atom. The lowest BCUT2D eigenvalue weighted by Crippen LogP contribution is -2.40. The first-order chi connectivity index (χ1) is 12.2. The third-order valence-electron chi connectivity index (χ3n) is 4.59. The highest BCUT2D eigenvalue weighted by Crippen LogP contribution is 2.17. The fourth-order valence-electron chi connectivity index (χ4n) is 3.20. The monoisotopic (exact) mass is 471 g/mol. The molecule has 5 nitrogen and oxygen atoms in total. The smallest absolute Gasteiger partial charge is 0.188 e. The molecule has 3 rings (SSSR count). The number of hydrogen-bond donors (Lipinski definition) is 2. The number of nitrogens with two attached hydrogens (primary N) is 1. The average molecular weight is 471 g/mol. The second kappa shape index (κ2) is 10.5. The van der Waals surface area contributed by atoms with Crippen molar-refractivity contribution in [3.63, 3.8) is 0 Å². The van der Waals surface area contributed by atoms with Crippen molar-refractivity contribution < 1.29 is 4.39 Å². The zero-order chi connectivity index (χ0) is 17.5. The van der Waals surface area contributed by atoms with Gasteiger partial charge in [0.25, 0.3) is 0 Å². The van der Waals surface area contributed by atoms with Crippen LogP contribution in [-0.4, -0.2) is 28.3 Å². The van der Waals surface area contributed by atoms with E-state index in [-0.39, 0.29) is 29.8 Å². The lowest BCUT2D eigenvalue weighted by atomic mass is 10.1. The van der Waals surface area contributed by atoms with Gasteiger partial charge in [0.1, 0.15) is 5.82 Å². The van der Waals surface area contributed by atoms with E-state index in [1.165, 1.54) is 50.7 Å². The van der Waals surface area contributed by atoms with Crippen molar-refractivity contribution >= 4 is 29.9 Å². The molecule has 2 aromatic rings. The van der Waals surface area contributed by atoms with Crippen LogP contribution in [0.2, 0.25) is 0 Å². The van der Waals surface area contributed by atoms with E-state index < -0.39 is 0 Å². The van der Waals surface area contributed by atoms with Crippen LogP contribution < -0.4 is 11.1 Å². The van der Waals surface area contributed by atoms with Gasteiger partial charge in [0.05, 0.1) is 11.4 Å². The number of nitrogens with zero attached hydrogens (tertiary/aromatic N) is 3. The third kappa shape index (κ3) is 6.26. The first-order valence-corrected chi connectivity index (χ1v) is 9.08. The van der Waals surface area contributed by atoms with Gasteiger partial charge in [-0.2, -0.15) is 5.10 Å². The van der Waals surface area contributed by atoms with Crippen molar-refractivity contribution in [2.24, 2.45) is 10.7 Å². The van der Waals surface area contributed by atoms with Crippen LogP contribution in [0.1, 0.15) is 44.2 Å². The first-order valence-electron chi connectivity index (χ1n) is 9.08. The number of aromatic nitrogens is 2. The summed E-state index contributed by atoms with van der Waals surface area (Å²) >= 11 is 0. The van der Waals surface area contributed by atoms with Gasteiger partial charge in [-0.3, -0.25) is 4.99 Å². The Labute approximate surface area is 171 Å². The fraction of sp³-hybridized carbons (Fsp3) is 0.474. The Balaban J connectivity index is 0.00000243. The standard InChI is InChI=1S/C19H26FN5.HI/c20-15-7-9-18(10-8-15)25-14-12-17(24-25)11-13-22-19(21)23-16-5-3-1-2-4-6-16;/h7-10,12,14,16H,1-6,11,13H2,(H3,21,22,23);1H. The van der Waals surface area contributed by atoms with Crippen LogP contribution in [0.25, 0.3) is 5.69 Å². The molecule has 0 atom stereocenters. The molecule has 1 aliphatic carbocycles. The van der Waals surface area contributed by atoms with Gasteiger partial charge >= 0.3 is 0 Å². The van der Waals surface area contributed by atoms with Crippen molar-refractivity contribution in [3.05, 3.63) is 48.0 Å². The normalized spacial score (nSPS) is 16.0. The molecule has 1 aliphatic rings. The Morgan fingerprint density at radius 2 is 1.85 bits per heavy atom. The molecule has 0 amide bonds. The maximum atomic E-state index is 13.0. The molecule has 0 aliphatic heterocycles. The van der Waals surface area contributed by atoms with Gasteiger partial charge in [-0.15, -0.1) is 24.0 Å². The van der Waals surface area contributed by atoms with Crippen molar-refractivity contribution in [2.75, 3.05) is 6.54 Å². The minimum Gasteiger partial charge on any atom is -0.370 e. The summed E-state index contributed by atoms with van der Waals surface area (Å²) in [6, 6.07) is 8.69. The van der Waals surface area contributed by atoms with Crippen molar-refractivity contribution in [3.8, 4) is 5.69 Å². The number of aliphatic imine (C=N–C) groups is 1. The maximum Gasteiger partial charge on any atom is 0.188 e. The Hall–Kier alpha value is -1.64. The van der Waals surface area contributed by atoms with E-state index >= 15 is 0 Å². The molecule has 1 fully saturated rings. The van der Waals surface area contributed by atoms with Crippen LogP contribution in [-0.2, 0) is 6.42 Å². The third-order valence-corrected chi connectivity index (χ3v) is 4.59. The van der Waals surface area contributed by atoms with Gasteiger partial charge in [-0.05, 0) is 43.2 Å². The van der Waals surface area contributed by atoms with E-state index in [0.29, 0.717) is 18.5 Å². The SMILES string of the molecule is I.NC(=NCCc1ccn(-c2ccc(F)cc2)n1)NC1CCCCCC1.